The molecule has 2 aromatic carbocycles. The molecular weight excluding hydrogens is 282 g/mol. The largest absolute Gasteiger partial charge is 0.504 e. The van der Waals surface area contributed by atoms with Gasteiger partial charge in [-0.2, -0.15) is 0 Å². The molecule has 0 saturated heterocycles. The molecule has 3 aromatic rings. The predicted octanol–water partition coefficient (Wildman–Crippen LogP) is 1.73. The second kappa shape index (κ2) is 4.39. The van der Waals surface area contributed by atoms with E-state index in [1.165, 1.54) is 12.1 Å². The number of phenolic OH excluding ortho intramolecular Hbond substituents is 2. The number of fused-ring (bicyclic) bond motifs is 3. The molecule has 0 amide bonds. The van der Waals surface area contributed by atoms with Crippen LogP contribution >= 0.6 is 0 Å². The van der Waals surface area contributed by atoms with Gasteiger partial charge in [0.25, 0.3) is 0 Å². The van der Waals surface area contributed by atoms with Gasteiger partial charge in [0.1, 0.15) is 0 Å². The molecule has 22 heavy (non-hydrogen) atoms. The molecule has 7 nitrogen and oxygen atoms in total. The number of nitrogens with two attached hydrogens (primary N) is 1. The standard InChI is InChI=1S/C15H13N5O2/c16-14-18-13(8-5-6-11(21)12(22)7-8)20-10-4-2-1-3-9(10)17-15(20)19-14/h1-7,13,21-22H,(H3,16,17,18,19)/t13-/m0/s1. The highest BCUT2D eigenvalue weighted by molar-refractivity contribution is 5.94. The van der Waals surface area contributed by atoms with E-state index in [4.69, 9.17) is 5.73 Å². The molecule has 0 bridgehead atoms. The van der Waals surface area contributed by atoms with Crippen LogP contribution in [-0.2, 0) is 0 Å². The number of aromatic nitrogens is 2. The summed E-state index contributed by atoms with van der Waals surface area (Å²) in [7, 11) is 0. The summed E-state index contributed by atoms with van der Waals surface area (Å²) >= 11 is 0. The molecule has 110 valence electrons. The summed E-state index contributed by atoms with van der Waals surface area (Å²) < 4.78 is 1.90. The average Bonchev–Trinajstić information content (AvgIpc) is 2.87. The number of para-hydroxylation sites is 2. The number of guanidine groups is 1. The van der Waals surface area contributed by atoms with Crippen molar-refractivity contribution in [3.63, 3.8) is 0 Å². The Bertz CT molecular complexity index is 915. The molecule has 1 aliphatic heterocycles. The smallest absolute Gasteiger partial charge is 0.212 e. The number of imidazole rings is 1. The van der Waals surface area contributed by atoms with Crippen LogP contribution in [0.5, 0.6) is 11.5 Å². The third kappa shape index (κ3) is 1.76. The van der Waals surface area contributed by atoms with Gasteiger partial charge in [-0.1, -0.05) is 18.2 Å². The number of rotatable bonds is 1. The first kappa shape index (κ1) is 12.5. The van der Waals surface area contributed by atoms with Gasteiger partial charge < -0.3 is 15.9 Å². The van der Waals surface area contributed by atoms with Gasteiger partial charge in [-0.3, -0.25) is 9.88 Å². The van der Waals surface area contributed by atoms with Gasteiger partial charge in [0.2, 0.25) is 5.95 Å². The van der Waals surface area contributed by atoms with Crippen molar-refractivity contribution in [3.8, 4) is 11.5 Å². The summed E-state index contributed by atoms with van der Waals surface area (Å²) in [6.45, 7) is 0. The van der Waals surface area contributed by atoms with E-state index in [0.717, 1.165) is 11.0 Å². The first-order chi connectivity index (χ1) is 10.6. The molecule has 0 radical (unpaired) electrons. The average molecular weight is 295 g/mol. The lowest BCUT2D eigenvalue weighted by Gasteiger charge is -2.24. The lowest BCUT2D eigenvalue weighted by atomic mass is 10.1. The monoisotopic (exact) mass is 295 g/mol. The number of aliphatic imine (C=N–C) groups is 1. The van der Waals surface area contributed by atoms with Crippen LogP contribution in [0.3, 0.4) is 0 Å². The molecule has 4 rings (SSSR count). The van der Waals surface area contributed by atoms with E-state index < -0.39 is 6.17 Å². The Morgan fingerprint density at radius 1 is 1.09 bits per heavy atom. The Labute approximate surface area is 125 Å². The topological polar surface area (TPSA) is 109 Å². The fraction of sp³-hybridized carbons (Fsp3) is 0.0667. The number of nitrogens with zero attached hydrogens (tertiary/aromatic N) is 3. The van der Waals surface area contributed by atoms with Gasteiger partial charge >= 0.3 is 0 Å². The van der Waals surface area contributed by atoms with Crippen molar-refractivity contribution >= 4 is 22.9 Å². The molecule has 0 spiro atoms. The predicted molar refractivity (Wildman–Crippen MR) is 82.9 cm³/mol. The third-order valence-electron chi connectivity index (χ3n) is 3.64. The van der Waals surface area contributed by atoms with Gasteiger partial charge in [-0.05, 0) is 24.3 Å². The Hall–Kier alpha value is -3.22. The lowest BCUT2D eigenvalue weighted by Crippen LogP contribution is -2.31. The zero-order valence-corrected chi connectivity index (χ0v) is 11.4. The zero-order chi connectivity index (χ0) is 15.3. The molecule has 0 fully saturated rings. The second-order valence-corrected chi connectivity index (χ2v) is 5.06. The molecule has 0 unspecified atom stereocenters. The van der Waals surface area contributed by atoms with Crippen LogP contribution in [0.15, 0.2) is 47.5 Å². The SMILES string of the molecule is NC1=N[C@H](c2ccc(O)c(O)c2)n2c(nc3ccccc32)N1. The molecule has 2 heterocycles. The van der Waals surface area contributed by atoms with Crippen molar-refractivity contribution in [1.29, 1.82) is 0 Å². The minimum Gasteiger partial charge on any atom is -0.504 e. The maximum Gasteiger partial charge on any atom is 0.212 e. The van der Waals surface area contributed by atoms with Crippen LogP contribution in [0.1, 0.15) is 11.7 Å². The van der Waals surface area contributed by atoms with E-state index in [-0.39, 0.29) is 17.5 Å². The van der Waals surface area contributed by atoms with Crippen molar-refractivity contribution in [3.05, 3.63) is 48.0 Å². The summed E-state index contributed by atoms with van der Waals surface area (Å²) in [6, 6.07) is 12.3. The van der Waals surface area contributed by atoms with Gasteiger partial charge in [0.05, 0.1) is 11.0 Å². The third-order valence-corrected chi connectivity index (χ3v) is 3.64. The van der Waals surface area contributed by atoms with Crippen LogP contribution in [0.4, 0.5) is 5.95 Å². The van der Waals surface area contributed by atoms with Crippen LogP contribution in [0.2, 0.25) is 0 Å². The van der Waals surface area contributed by atoms with Crippen LogP contribution in [0, 0.1) is 0 Å². The summed E-state index contributed by atoms with van der Waals surface area (Å²) in [4.78, 5) is 8.90. The zero-order valence-electron chi connectivity index (χ0n) is 11.4. The van der Waals surface area contributed by atoms with E-state index in [1.807, 2.05) is 28.8 Å². The van der Waals surface area contributed by atoms with Gasteiger partial charge in [-0.25, -0.2) is 9.98 Å². The second-order valence-electron chi connectivity index (χ2n) is 5.06. The number of hydrogen-bond acceptors (Lipinski definition) is 6. The fourth-order valence-corrected chi connectivity index (χ4v) is 2.64. The van der Waals surface area contributed by atoms with Crippen LogP contribution < -0.4 is 11.1 Å². The van der Waals surface area contributed by atoms with E-state index >= 15 is 0 Å². The Balaban J connectivity index is 1.96. The first-order valence-corrected chi connectivity index (χ1v) is 6.72. The van der Waals surface area contributed by atoms with E-state index in [1.54, 1.807) is 6.07 Å². The molecule has 7 heteroatoms. The molecule has 0 aliphatic carbocycles. The minimum atomic E-state index is -0.463. The summed E-state index contributed by atoms with van der Waals surface area (Å²) in [5, 5.41) is 22.2. The number of phenols is 2. The maximum atomic E-state index is 9.74. The van der Waals surface area contributed by atoms with Crippen molar-refractivity contribution in [2.75, 3.05) is 5.32 Å². The maximum absolute atomic E-state index is 9.74. The summed E-state index contributed by atoms with van der Waals surface area (Å²) in [6.07, 6.45) is -0.463. The van der Waals surface area contributed by atoms with E-state index in [2.05, 4.69) is 15.3 Å². The Morgan fingerprint density at radius 2 is 1.91 bits per heavy atom. The Kier molecular flexibility index (Phi) is 2.50. The Morgan fingerprint density at radius 3 is 2.73 bits per heavy atom. The molecule has 0 saturated carbocycles. The molecule has 1 aliphatic rings. The lowest BCUT2D eigenvalue weighted by molar-refractivity contribution is 0.402. The highest BCUT2D eigenvalue weighted by Gasteiger charge is 2.25. The summed E-state index contributed by atoms with van der Waals surface area (Å²) in [5.41, 5.74) is 8.26. The van der Waals surface area contributed by atoms with Gasteiger partial charge in [0, 0.05) is 5.56 Å². The fourth-order valence-electron chi connectivity index (χ4n) is 2.64. The quantitative estimate of drug-likeness (QED) is 0.511. The highest BCUT2D eigenvalue weighted by atomic mass is 16.3. The van der Waals surface area contributed by atoms with E-state index in [9.17, 15) is 10.2 Å². The number of hydrogen-bond donors (Lipinski definition) is 4. The summed E-state index contributed by atoms with van der Waals surface area (Å²) in [5.74, 6) is 0.466. The number of nitrogens with one attached hydrogen (secondary N) is 1. The molecule has 1 aromatic heterocycles. The number of aromatic hydroxyl groups is 2. The molecular formula is C15H13N5O2. The number of benzene rings is 2. The first-order valence-electron chi connectivity index (χ1n) is 6.72. The van der Waals surface area contributed by atoms with Gasteiger partial charge in [-0.15, -0.1) is 0 Å². The van der Waals surface area contributed by atoms with Crippen molar-refractivity contribution in [2.24, 2.45) is 10.7 Å². The van der Waals surface area contributed by atoms with Crippen molar-refractivity contribution < 1.29 is 10.2 Å². The van der Waals surface area contributed by atoms with Crippen LogP contribution in [-0.4, -0.2) is 25.7 Å². The molecule has 1 atom stereocenters. The molecule has 5 N–H and O–H groups in total. The highest BCUT2D eigenvalue weighted by Crippen LogP contribution is 2.35. The normalized spacial score (nSPS) is 16.9. The van der Waals surface area contributed by atoms with Crippen LogP contribution in [0.25, 0.3) is 11.0 Å². The van der Waals surface area contributed by atoms with Crippen molar-refractivity contribution in [2.45, 2.75) is 6.17 Å². The van der Waals surface area contributed by atoms with Crippen molar-refractivity contribution in [1.82, 2.24) is 9.55 Å². The van der Waals surface area contributed by atoms with E-state index in [0.29, 0.717) is 11.5 Å². The van der Waals surface area contributed by atoms with Gasteiger partial charge in [0.15, 0.2) is 23.6 Å². The minimum absolute atomic E-state index is 0.176. The number of anilines is 1.